The first-order valence-corrected chi connectivity index (χ1v) is 7.27. The number of carbonyl (C=O) groups excluding carboxylic acids is 2. The fourth-order valence-electron chi connectivity index (χ4n) is 2.54. The number of pyridine rings is 1. The molecule has 0 atom stereocenters. The Labute approximate surface area is 133 Å². The van der Waals surface area contributed by atoms with Gasteiger partial charge in [0.25, 0.3) is 0 Å². The molecule has 0 aliphatic rings. The number of fused-ring (bicyclic) bond motifs is 1. The van der Waals surface area contributed by atoms with E-state index in [1.807, 2.05) is 47.3 Å². The zero-order valence-electron chi connectivity index (χ0n) is 12.7. The maximum absolute atomic E-state index is 12.6. The highest BCUT2D eigenvalue weighted by Gasteiger charge is 2.20. The van der Waals surface area contributed by atoms with Gasteiger partial charge in [-0.15, -0.1) is 0 Å². The minimum absolute atomic E-state index is 0.133. The molecule has 0 bridgehead atoms. The number of ether oxygens (including phenoxy) is 1. The lowest BCUT2D eigenvalue weighted by molar-refractivity contribution is -0.681. The van der Waals surface area contributed by atoms with E-state index in [0.29, 0.717) is 11.1 Å². The van der Waals surface area contributed by atoms with Crippen LogP contribution in [0.4, 0.5) is 0 Å². The molecule has 0 N–H and O–H groups in total. The van der Waals surface area contributed by atoms with Crippen LogP contribution in [0.5, 0.6) is 0 Å². The van der Waals surface area contributed by atoms with Crippen molar-refractivity contribution in [2.24, 2.45) is 0 Å². The monoisotopic (exact) mass is 306 g/mol. The van der Waals surface area contributed by atoms with Crippen molar-refractivity contribution in [3.05, 3.63) is 78.1 Å². The summed E-state index contributed by atoms with van der Waals surface area (Å²) in [5.41, 5.74) is 0.668. The lowest BCUT2D eigenvalue weighted by Crippen LogP contribution is -2.37. The molecule has 1 aromatic heterocycles. The van der Waals surface area contributed by atoms with Crippen LogP contribution < -0.4 is 4.57 Å². The van der Waals surface area contributed by atoms with Crippen LogP contribution in [-0.2, 0) is 11.3 Å². The molecule has 4 nitrogen and oxygen atoms in total. The normalized spacial score (nSPS) is 10.5. The lowest BCUT2D eigenvalue weighted by atomic mass is 10.0. The van der Waals surface area contributed by atoms with E-state index in [1.54, 1.807) is 24.3 Å². The number of carbonyl (C=O) groups is 2. The van der Waals surface area contributed by atoms with Gasteiger partial charge in [-0.05, 0) is 17.5 Å². The molecule has 0 aliphatic carbocycles. The van der Waals surface area contributed by atoms with E-state index in [0.717, 1.165) is 10.8 Å². The van der Waals surface area contributed by atoms with Crippen LogP contribution in [0.2, 0.25) is 0 Å². The van der Waals surface area contributed by atoms with E-state index >= 15 is 0 Å². The van der Waals surface area contributed by atoms with Gasteiger partial charge in [0.05, 0.1) is 12.7 Å². The molecule has 0 aliphatic heterocycles. The van der Waals surface area contributed by atoms with E-state index in [-0.39, 0.29) is 12.3 Å². The smallest absolute Gasteiger partial charge is 0.338 e. The number of esters is 1. The number of benzene rings is 2. The van der Waals surface area contributed by atoms with E-state index in [4.69, 9.17) is 4.74 Å². The first-order valence-electron chi connectivity index (χ1n) is 7.27. The minimum atomic E-state index is -0.502. The number of methoxy groups -OCH3 is 1. The SMILES string of the molecule is COC(=O)c1ccccc1C(=O)C[n+]1ccc2ccccc2c1. The molecule has 3 rings (SSSR count). The summed E-state index contributed by atoms with van der Waals surface area (Å²) in [6.07, 6.45) is 3.79. The number of ketones is 1. The largest absolute Gasteiger partial charge is 0.465 e. The summed E-state index contributed by atoms with van der Waals surface area (Å²) in [5, 5.41) is 2.18. The topological polar surface area (TPSA) is 47.3 Å². The Bertz CT molecular complexity index is 886. The lowest BCUT2D eigenvalue weighted by Gasteiger charge is -2.05. The molecule has 0 saturated carbocycles. The van der Waals surface area contributed by atoms with Crippen molar-refractivity contribution in [3.63, 3.8) is 0 Å². The molecular formula is C19H16NO3+. The van der Waals surface area contributed by atoms with Gasteiger partial charge >= 0.3 is 5.97 Å². The van der Waals surface area contributed by atoms with Crippen molar-refractivity contribution in [2.45, 2.75) is 6.54 Å². The highest BCUT2D eigenvalue weighted by Crippen LogP contribution is 2.12. The van der Waals surface area contributed by atoms with Crippen LogP contribution in [0.15, 0.2) is 67.0 Å². The standard InChI is InChI=1S/C19H16NO3/c1-23-19(22)17-9-5-4-8-16(17)18(21)13-20-11-10-14-6-2-3-7-15(14)12-20/h2-12H,13H2,1H3/q+1. The van der Waals surface area contributed by atoms with Crippen molar-refractivity contribution in [2.75, 3.05) is 7.11 Å². The summed E-state index contributed by atoms with van der Waals surface area (Å²) in [7, 11) is 1.31. The van der Waals surface area contributed by atoms with Crippen LogP contribution in [0.25, 0.3) is 10.8 Å². The average Bonchev–Trinajstić information content (AvgIpc) is 2.61. The van der Waals surface area contributed by atoms with E-state index in [1.165, 1.54) is 7.11 Å². The third-order valence-corrected chi connectivity index (χ3v) is 3.71. The van der Waals surface area contributed by atoms with Gasteiger partial charge in [-0.2, -0.15) is 4.57 Å². The first kappa shape index (κ1) is 14.9. The summed E-state index contributed by atoms with van der Waals surface area (Å²) in [6, 6.07) is 16.6. The summed E-state index contributed by atoms with van der Waals surface area (Å²) >= 11 is 0. The Morgan fingerprint density at radius 2 is 1.57 bits per heavy atom. The Morgan fingerprint density at radius 3 is 2.30 bits per heavy atom. The zero-order valence-corrected chi connectivity index (χ0v) is 12.7. The number of hydrogen-bond acceptors (Lipinski definition) is 3. The summed E-state index contributed by atoms with van der Waals surface area (Å²) in [5.74, 6) is -0.635. The predicted octanol–water partition coefficient (Wildman–Crippen LogP) is 2.80. The fourth-order valence-corrected chi connectivity index (χ4v) is 2.54. The number of rotatable bonds is 4. The van der Waals surface area contributed by atoms with E-state index < -0.39 is 5.97 Å². The van der Waals surface area contributed by atoms with E-state index in [2.05, 4.69) is 0 Å². The highest BCUT2D eigenvalue weighted by molar-refractivity contribution is 6.05. The van der Waals surface area contributed by atoms with Gasteiger partial charge in [-0.3, -0.25) is 4.79 Å². The number of hydrogen-bond donors (Lipinski definition) is 0. The minimum Gasteiger partial charge on any atom is -0.465 e. The summed E-state index contributed by atoms with van der Waals surface area (Å²) in [6.45, 7) is 0.166. The van der Waals surface area contributed by atoms with Crippen LogP contribution in [-0.4, -0.2) is 18.9 Å². The fraction of sp³-hybridized carbons (Fsp3) is 0.105. The van der Waals surface area contributed by atoms with Gasteiger partial charge in [0.15, 0.2) is 12.4 Å². The van der Waals surface area contributed by atoms with Gasteiger partial charge in [0, 0.05) is 17.0 Å². The van der Waals surface area contributed by atoms with Crippen LogP contribution >= 0.6 is 0 Å². The van der Waals surface area contributed by atoms with Gasteiger partial charge in [0.1, 0.15) is 0 Å². The summed E-state index contributed by atoms with van der Waals surface area (Å²) in [4.78, 5) is 24.3. The Balaban J connectivity index is 1.90. The van der Waals surface area contributed by atoms with Crippen molar-refractivity contribution in [1.29, 1.82) is 0 Å². The van der Waals surface area contributed by atoms with Gasteiger partial charge in [-0.1, -0.05) is 36.4 Å². The van der Waals surface area contributed by atoms with Crippen LogP contribution in [0.3, 0.4) is 0 Å². The third kappa shape index (κ3) is 3.11. The second-order valence-corrected chi connectivity index (χ2v) is 5.21. The van der Waals surface area contributed by atoms with E-state index in [9.17, 15) is 9.59 Å². The molecule has 2 aromatic carbocycles. The quantitative estimate of drug-likeness (QED) is 0.423. The second-order valence-electron chi connectivity index (χ2n) is 5.21. The second kappa shape index (κ2) is 6.40. The Kier molecular flexibility index (Phi) is 4.15. The predicted molar refractivity (Wildman–Crippen MR) is 86.3 cm³/mol. The molecule has 1 heterocycles. The molecule has 0 saturated heterocycles. The number of aromatic nitrogens is 1. The zero-order chi connectivity index (χ0) is 16.2. The van der Waals surface area contributed by atoms with Crippen LogP contribution in [0.1, 0.15) is 20.7 Å². The molecule has 23 heavy (non-hydrogen) atoms. The molecular weight excluding hydrogens is 290 g/mol. The molecule has 0 spiro atoms. The molecule has 0 amide bonds. The molecule has 0 radical (unpaired) electrons. The van der Waals surface area contributed by atoms with Crippen molar-refractivity contribution in [1.82, 2.24) is 0 Å². The summed E-state index contributed by atoms with van der Waals surface area (Å²) < 4.78 is 6.56. The third-order valence-electron chi connectivity index (χ3n) is 3.71. The molecule has 3 aromatic rings. The van der Waals surface area contributed by atoms with Gasteiger partial charge in [0.2, 0.25) is 12.3 Å². The molecule has 0 unspecified atom stereocenters. The molecule has 114 valence electrons. The maximum atomic E-state index is 12.6. The highest BCUT2D eigenvalue weighted by atomic mass is 16.5. The molecule has 4 heteroatoms. The number of Topliss-reactive ketones (excluding diaryl/α,β-unsaturated/α-hetero) is 1. The van der Waals surface area contributed by atoms with Crippen molar-refractivity contribution >= 4 is 22.5 Å². The molecule has 0 fully saturated rings. The van der Waals surface area contributed by atoms with Gasteiger partial charge < -0.3 is 4.74 Å². The Morgan fingerprint density at radius 1 is 0.913 bits per heavy atom. The van der Waals surface area contributed by atoms with Crippen LogP contribution in [0, 0.1) is 0 Å². The van der Waals surface area contributed by atoms with Crippen molar-refractivity contribution < 1.29 is 18.9 Å². The maximum Gasteiger partial charge on any atom is 0.338 e. The van der Waals surface area contributed by atoms with Crippen molar-refractivity contribution in [3.8, 4) is 0 Å². The average molecular weight is 306 g/mol. The van der Waals surface area contributed by atoms with Gasteiger partial charge in [-0.25, -0.2) is 4.79 Å². The number of nitrogens with zero attached hydrogens (tertiary/aromatic N) is 1. The Hall–Kier alpha value is -3.01. The first-order chi connectivity index (χ1) is 11.2.